The molecule has 1 N–H and O–H groups in total. The number of hydrogen-bond donors (Lipinski definition) is 1. The van der Waals surface area contributed by atoms with Gasteiger partial charge >= 0.3 is 5.97 Å². The molecule has 0 radical (unpaired) electrons. The van der Waals surface area contributed by atoms with Crippen LogP contribution in [0.5, 0.6) is 0 Å². The monoisotopic (exact) mass is 253 g/mol. The molecule has 2 aromatic rings. The summed E-state index contributed by atoms with van der Waals surface area (Å²) in [7, 11) is 3.61. The molecule has 0 atom stereocenters. The number of aryl methyl sites for hydroxylation is 1. The Morgan fingerprint density at radius 1 is 1.47 bits per heavy atom. The van der Waals surface area contributed by atoms with Crippen LogP contribution in [-0.2, 0) is 18.9 Å². The molecule has 0 saturated heterocycles. The molecule has 0 aliphatic carbocycles. The highest BCUT2D eigenvalue weighted by Gasteiger charge is 2.14. The van der Waals surface area contributed by atoms with Crippen molar-refractivity contribution in [3.63, 3.8) is 0 Å². The first kappa shape index (κ1) is 11.6. The lowest BCUT2D eigenvalue weighted by Crippen LogP contribution is -2.02. The van der Waals surface area contributed by atoms with Gasteiger partial charge in [-0.3, -0.25) is 9.48 Å². The third-order valence-corrected chi connectivity index (χ3v) is 3.21. The largest absolute Gasteiger partial charge is 0.481 e. The summed E-state index contributed by atoms with van der Waals surface area (Å²) >= 11 is 1.14. The molecule has 0 aromatic carbocycles. The van der Waals surface area contributed by atoms with Crippen LogP contribution in [0.3, 0.4) is 0 Å². The van der Waals surface area contributed by atoms with E-state index < -0.39 is 5.97 Å². The van der Waals surface area contributed by atoms with E-state index in [4.69, 9.17) is 5.11 Å². The molecule has 0 fully saturated rings. The van der Waals surface area contributed by atoms with Gasteiger partial charge in [0.2, 0.25) is 0 Å². The predicted octanol–water partition coefficient (Wildman–Crippen LogP) is 0.392. The Morgan fingerprint density at radius 3 is 2.82 bits per heavy atom. The highest BCUT2D eigenvalue weighted by molar-refractivity contribution is 7.99. The molecule has 0 unspecified atom stereocenters. The number of aliphatic carboxylic acids is 1. The quantitative estimate of drug-likeness (QED) is 0.793. The van der Waals surface area contributed by atoms with Gasteiger partial charge in [-0.25, -0.2) is 0 Å². The van der Waals surface area contributed by atoms with Gasteiger partial charge in [0.1, 0.15) is 5.69 Å². The van der Waals surface area contributed by atoms with Crippen molar-refractivity contribution in [1.82, 2.24) is 24.5 Å². The van der Waals surface area contributed by atoms with Crippen LogP contribution >= 0.6 is 11.8 Å². The van der Waals surface area contributed by atoms with Crippen LogP contribution in [0.2, 0.25) is 0 Å². The lowest BCUT2D eigenvalue weighted by Gasteiger charge is -2.02. The molecule has 2 rings (SSSR count). The van der Waals surface area contributed by atoms with Crippen molar-refractivity contribution in [3.05, 3.63) is 12.3 Å². The smallest absolute Gasteiger partial charge is 0.313 e. The maximum Gasteiger partial charge on any atom is 0.313 e. The van der Waals surface area contributed by atoms with Gasteiger partial charge in [-0.1, -0.05) is 11.8 Å². The summed E-state index contributed by atoms with van der Waals surface area (Å²) in [6.07, 6.45) is 1.67. The number of rotatable bonds is 4. The highest BCUT2D eigenvalue weighted by Crippen LogP contribution is 2.21. The van der Waals surface area contributed by atoms with Gasteiger partial charge in [-0.05, 0) is 6.07 Å². The van der Waals surface area contributed by atoms with E-state index in [2.05, 4.69) is 15.3 Å². The molecule has 0 spiro atoms. The Kier molecular flexibility index (Phi) is 3.14. The van der Waals surface area contributed by atoms with E-state index in [-0.39, 0.29) is 5.75 Å². The van der Waals surface area contributed by atoms with E-state index in [9.17, 15) is 4.79 Å². The third-order valence-electron chi connectivity index (χ3n) is 2.21. The van der Waals surface area contributed by atoms with Gasteiger partial charge in [-0.2, -0.15) is 5.10 Å². The fourth-order valence-electron chi connectivity index (χ4n) is 1.38. The Balaban J connectivity index is 2.27. The lowest BCUT2D eigenvalue weighted by atomic mass is 10.4. The van der Waals surface area contributed by atoms with Crippen LogP contribution in [0.15, 0.2) is 17.4 Å². The molecule has 0 saturated carbocycles. The number of carboxylic acids is 1. The summed E-state index contributed by atoms with van der Waals surface area (Å²) in [5, 5.41) is 21.2. The Hall–Kier alpha value is -1.83. The number of thioether (sulfide) groups is 1. The minimum Gasteiger partial charge on any atom is -0.481 e. The van der Waals surface area contributed by atoms with Crippen LogP contribution in [-0.4, -0.2) is 41.4 Å². The Bertz CT molecular complexity index is 547. The SMILES string of the molecule is Cn1nccc1-c1nnc(SCC(=O)O)n1C. The van der Waals surface area contributed by atoms with E-state index in [1.807, 2.05) is 13.1 Å². The van der Waals surface area contributed by atoms with Crippen molar-refractivity contribution < 1.29 is 9.90 Å². The van der Waals surface area contributed by atoms with E-state index in [1.165, 1.54) is 0 Å². The topological polar surface area (TPSA) is 85.8 Å². The zero-order chi connectivity index (χ0) is 12.4. The van der Waals surface area contributed by atoms with Crippen molar-refractivity contribution in [3.8, 4) is 11.5 Å². The van der Waals surface area contributed by atoms with Crippen molar-refractivity contribution in [2.75, 3.05) is 5.75 Å². The molecule has 90 valence electrons. The Labute approximate surface area is 101 Å². The van der Waals surface area contributed by atoms with Crippen molar-refractivity contribution >= 4 is 17.7 Å². The predicted molar refractivity (Wildman–Crippen MR) is 61.6 cm³/mol. The molecular weight excluding hydrogens is 242 g/mol. The summed E-state index contributed by atoms with van der Waals surface area (Å²) < 4.78 is 3.44. The lowest BCUT2D eigenvalue weighted by molar-refractivity contribution is -0.133. The maximum absolute atomic E-state index is 10.5. The second-order valence-electron chi connectivity index (χ2n) is 3.39. The first-order chi connectivity index (χ1) is 8.09. The van der Waals surface area contributed by atoms with Gasteiger partial charge in [0, 0.05) is 20.3 Å². The maximum atomic E-state index is 10.5. The van der Waals surface area contributed by atoms with Crippen LogP contribution in [0.4, 0.5) is 0 Å². The number of nitrogens with zero attached hydrogens (tertiary/aromatic N) is 5. The zero-order valence-electron chi connectivity index (χ0n) is 9.36. The average molecular weight is 253 g/mol. The van der Waals surface area contributed by atoms with E-state index >= 15 is 0 Å². The average Bonchev–Trinajstić information content (AvgIpc) is 2.82. The first-order valence-electron chi connectivity index (χ1n) is 4.82. The zero-order valence-corrected chi connectivity index (χ0v) is 10.2. The fraction of sp³-hybridized carbons (Fsp3) is 0.333. The van der Waals surface area contributed by atoms with Crippen molar-refractivity contribution in [1.29, 1.82) is 0 Å². The van der Waals surface area contributed by atoms with Gasteiger partial charge in [-0.15, -0.1) is 10.2 Å². The number of hydrogen-bond acceptors (Lipinski definition) is 5. The normalized spacial score (nSPS) is 10.7. The van der Waals surface area contributed by atoms with Crippen LogP contribution in [0, 0.1) is 0 Å². The molecular formula is C9H11N5O2S. The molecule has 2 heterocycles. The fourth-order valence-corrected chi connectivity index (χ4v) is 2.01. The molecule has 8 heteroatoms. The van der Waals surface area contributed by atoms with Crippen LogP contribution in [0.25, 0.3) is 11.5 Å². The summed E-state index contributed by atoms with van der Waals surface area (Å²) in [5.41, 5.74) is 0.835. The molecule has 0 bridgehead atoms. The third kappa shape index (κ3) is 2.31. The van der Waals surface area contributed by atoms with Crippen molar-refractivity contribution in [2.24, 2.45) is 14.1 Å². The minimum absolute atomic E-state index is 0.0304. The number of carboxylic acid groups (broad SMARTS) is 1. The summed E-state index contributed by atoms with van der Waals surface area (Å²) in [5.74, 6) is -0.241. The molecule has 2 aromatic heterocycles. The van der Waals surface area contributed by atoms with Crippen LogP contribution in [0.1, 0.15) is 0 Å². The van der Waals surface area contributed by atoms with Gasteiger partial charge < -0.3 is 9.67 Å². The molecule has 0 aliphatic heterocycles. The van der Waals surface area contributed by atoms with Gasteiger partial charge in [0.15, 0.2) is 11.0 Å². The Morgan fingerprint density at radius 2 is 2.24 bits per heavy atom. The van der Waals surface area contributed by atoms with Crippen LogP contribution < -0.4 is 0 Å². The van der Waals surface area contributed by atoms with Gasteiger partial charge in [0.05, 0.1) is 5.75 Å². The first-order valence-corrected chi connectivity index (χ1v) is 5.80. The van der Waals surface area contributed by atoms with E-state index in [0.717, 1.165) is 17.5 Å². The summed E-state index contributed by atoms with van der Waals surface area (Å²) in [4.78, 5) is 10.5. The standard InChI is InChI=1S/C9H11N5O2S/c1-13-8(6-3-4-10-14(6)2)11-12-9(13)17-5-7(15)16/h3-4H,5H2,1-2H3,(H,15,16). The number of aromatic nitrogens is 5. The second kappa shape index (κ2) is 4.58. The molecule has 7 nitrogen and oxygen atoms in total. The van der Waals surface area contributed by atoms with E-state index in [0.29, 0.717) is 11.0 Å². The van der Waals surface area contributed by atoms with Gasteiger partial charge in [0.25, 0.3) is 0 Å². The molecule has 17 heavy (non-hydrogen) atoms. The number of carbonyl (C=O) groups is 1. The summed E-state index contributed by atoms with van der Waals surface area (Å²) in [6, 6.07) is 1.83. The van der Waals surface area contributed by atoms with Crippen molar-refractivity contribution in [2.45, 2.75) is 5.16 Å². The second-order valence-corrected chi connectivity index (χ2v) is 4.33. The molecule has 0 amide bonds. The minimum atomic E-state index is -0.875. The van der Waals surface area contributed by atoms with E-state index in [1.54, 1.807) is 22.5 Å². The highest BCUT2D eigenvalue weighted by atomic mass is 32.2. The summed E-state index contributed by atoms with van der Waals surface area (Å²) in [6.45, 7) is 0. The molecule has 0 aliphatic rings.